The second-order valence-corrected chi connectivity index (χ2v) is 6.09. The van der Waals surface area contributed by atoms with E-state index < -0.39 is 22.5 Å². The van der Waals surface area contributed by atoms with Crippen LogP contribution in [-0.2, 0) is 0 Å². The third kappa shape index (κ3) is 3.75. The number of methoxy groups -OCH3 is 1. The number of nitrogens with zero attached hydrogens (tertiary/aromatic N) is 2. The van der Waals surface area contributed by atoms with Gasteiger partial charge in [0.2, 0.25) is 0 Å². The van der Waals surface area contributed by atoms with Gasteiger partial charge in [0.1, 0.15) is 11.6 Å². The van der Waals surface area contributed by atoms with Gasteiger partial charge in [-0.15, -0.1) is 11.3 Å². The topological polar surface area (TPSA) is 94.4 Å². The number of nitro benzene ring substituents is 1. The van der Waals surface area contributed by atoms with Crippen LogP contribution < -0.4 is 10.1 Å². The molecule has 0 radical (unpaired) electrons. The van der Waals surface area contributed by atoms with Crippen molar-refractivity contribution in [2.75, 3.05) is 12.4 Å². The maximum absolute atomic E-state index is 13.8. The molecule has 0 aliphatic carbocycles. The predicted molar refractivity (Wildman–Crippen MR) is 95.1 cm³/mol. The fourth-order valence-electron chi connectivity index (χ4n) is 2.33. The molecule has 27 heavy (non-hydrogen) atoms. The van der Waals surface area contributed by atoms with Crippen molar-refractivity contribution in [1.82, 2.24) is 4.98 Å². The summed E-state index contributed by atoms with van der Waals surface area (Å²) in [6.07, 6.45) is 0. The lowest BCUT2D eigenvalue weighted by Crippen LogP contribution is -2.12. The lowest BCUT2D eigenvalue weighted by atomic mass is 10.1. The summed E-state index contributed by atoms with van der Waals surface area (Å²) in [5.41, 5.74) is -0.615. The minimum Gasteiger partial charge on any atom is -0.490 e. The first-order valence-electron chi connectivity index (χ1n) is 7.44. The van der Waals surface area contributed by atoms with Crippen LogP contribution in [0.3, 0.4) is 0 Å². The highest BCUT2D eigenvalue weighted by atomic mass is 32.1. The van der Waals surface area contributed by atoms with E-state index in [-0.39, 0.29) is 33.4 Å². The van der Waals surface area contributed by atoms with Crippen molar-refractivity contribution >= 4 is 28.1 Å². The molecule has 1 aromatic heterocycles. The van der Waals surface area contributed by atoms with Crippen LogP contribution in [0.4, 0.5) is 19.6 Å². The molecule has 0 unspecified atom stereocenters. The molecule has 10 heteroatoms. The zero-order chi connectivity index (χ0) is 19.6. The SMILES string of the molecule is COc1ccc(C(=O)Nc2nc(-c3c(F)cccc3F)cs2)cc1[N+](=O)[O-]. The number of halogens is 2. The molecule has 7 nitrogen and oxygen atoms in total. The number of rotatable bonds is 5. The number of amides is 1. The molecule has 3 rings (SSSR count). The van der Waals surface area contributed by atoms with E-state index in [4.69, 9.17) is 4.74 Å². The molecular weight excluding hydrogens is 380 g/mol. The van der Waals surface area contributed by atoms with Crippen LogP contribution >= 0.6 is 11.3 Å². The summed E-state index contributed by atoms with van der Waals surface area (Å²) in [4.78, 5) is 26.7. The molecule has 138 valence electrons. The van der Waals surface area contributed by atoms with E-state index in [1.165, 1.54) is 30.7 Å². The van der Waals surface area contributed by atoms with Crippen LogP contribution in [-0.4, -0.2) is 22.9 Å². The van der Waals surface area contributed by atoms with E-state index >= 15 is 0 Å². The van der Waals surface area contributed by atoms with Crippen molar-refractivity contribution in [3.8, 4) is 17.0 Å². The van der Waals surface area contributed by atoms with Crippen LogP contribution in [0.25, 0.3) is 11.3 Å². The summed E-state index contributed by atoms with van der Waals surface area (Å²) in [5, 5.41) is 15.0. The highest BCUT2D eigenvalue weighted by molar-refractivity contribution is 7.14. The van der Waals surface area contributed by atoms with Crippen molar-refractivity contribution < 1.29 is 23.2 Å². The molecule has 1 N–H and O–H groups in total. The summed E-state index contributed by atoms with van der Waals surface area (Å²) in [6, 6.07) is 7.17. The van der Waals surface area contributed by atoms with Gasteiger partial charge in [0.15, 0.2) is 10.9 Å². The Bertz CT molecular complexity index is 1020. The molecule has 0 bridgehead atoms. The number of carbonyl (C=O) groups is 1. The van der Waals surface area contributed by atoms with Gasteiger partial charge in [-0.25, -0.2) is 13.8 Å². The van der Waals surface area contributed by atoms with Crippen molar-refractivity contribution in [3.05, 3.63) is 69.1 Å². The number of aromatic nitrogens is 1. The number of ether oxygens (including phenoxy) is 1. The summed E-state index contributed by atoms with van der Waals surface area (Å²) >= 11 is 0.968. The predicted octanol–water partition coefficient (Wildman–Crippen LogP) is 4.26. The normalized spacial score (nSPS) is 10.5. The second kappa shape index (κ2) is 7.46. The molecule has 0 saturated carbocycles. The van der Waals surface area contributed by atoms with Crippen molar-refractivity contribution in [1.29, 1.82) is 0 Å². The molecular formula is C17H11F2N3O4S. The standard InChI is InChI=1S/C17H11F2N3O4S/c1-26-14-6-5-9(7-13(14)22(24)25)16(23)21-17-20-12(8-27-17)15-10(18)3-2-4-11(15)19/h2-8H,1H3,(H,20,21,23). The molecule has 1 heterocycles. The Morgan fingerprint density at radius 2 is 1.96 bits per heavy atom. The summed E-state index contributed by atoms with van der Waals surface area (Å²) in [6.45, 7) is 0. The first-order valence-corrected chi connectivity index (χ1v) is 8.32. The number of anilines is 1. The number of benzene rings is 2. The Morgan fingerprint density at radius 1 is 1.26 bits per heavy atom. The monoisotopic (exact) mass is 391 g/mol. The Hall–Kier alpha value is -3.40. The van der Waals surface area contributed by atoms with E-state index in [0.717, 1.165) is 29.5 Å². The Morgan fingerprint density at radius 3 is 2.59 bits per heavy atom. The number of nitrogens with one attached hydrogen (secondary N) is 1. The minimum absolute atomic E-state index is 0.0105. The Labute approximate surface area is 155 Å². The highest BCUT2D eigenvalue weighted by Crippen LogP contribution is 2.30. The third-order valence-corrected chi connectivity index (χ3v) is 4.34. The summed E-state index contributed by atoms with van der Waals surface area (Å²) in [7, 11) is 1.28. The minimum atomic E-state index is -0.774. The zero-order valence-electron chi connectivity index (χ0n) is 13.7. The van der Waals surface area contributed by atoms with Crippen LogP contribution in [0, 0.1) is 21.7 Å². The number of carbonyl (C=O) groups excluding carboxylic acids is 1. The molecule has 0 saturated heterocycles. The first kappa shape index (κ1) is 18.4. The summed E-state index contributed by atoms with van der Waals surface area (Å²) in [5.74, 6) is -2.19. The van der Waals surface area contributed by atoms with Gasteiger partial charge in [-0.1, -0.05) is 6.07 Å². The average Bonchev–Trinajstić information content (AvgIpc) is 3.08. The number of hydrogen-bond donors (Lipinski definition) is 1. The van der Waals surface area contributed by atoms with Crippen LogP contribution in [0.5, 0.6) is 5.75 Å². The van der Waals surface area contributed by atoms with E-state index in [9.17, 15) is 23.7 Å². The maximum atomic E-state index is 13.8. The Balaban J connectivity index is 1.85. The fourth-order valence-corrected chi connectivity index (χ4v) is 3.03. The fraction of sp³-hybridized carbons (Fsp3) is 0.0588. The van der Waals surface area contributed by atoms with Gasteiger partial charge >= 0.3 is 5.69 Å². The first-order chi connectivity index (χ1) is 12.9. The molecule has 3 aromatic rings. The molecule has 0 fully saturated rings. The van der Waals surface area contributed by atoms with E-state index in [1.54, 1.807) is 0 Å². The van der Waals surface area contributed by atoms with Crippen molar-refractivity contribution in [2.24, 2.45) is 0 Å². The lowest BCUT2D eigenvalue weighted by molar-refractivity contribution is -0.385. The quantitative estimate of drug-likeness (QED) is 0.518. The largest absolute Gasteiger partial charge is 0.490 e. The number of thiazole rings is 1. The molecule has 2 aromatic carbocycles. The van der Waals surface area contributed by atoms with Gasteiger partial charge in [-0.2, -0.15) is 0 Å². The smallest absolute Gasteiger partial charge is 0.311 e. The Kier molecular flexibility index (Phi) is 5.08. The number of hydrogen-bond acceptors (Lipinski definition) is 6. The van der Waals surface area contributed by atoms with Gasteiger partial charge < -0.3 is 4.74 Å². The molecule has 0 aliphatic rings. The van der Waals surface area contributed by atoms with Gasteiger partial charge in [-0.05, 0) is 24.3 Å². The highest BCUT2D eigenvalue weighted by Gasteiger charge is 2.20. The number of nitro groups is 1. The van der Waals surface area contributed by atoms with Crippen molar-refractivity contribution in [3.63, 3.8) is 0 Å². The zero-order valence-corrected chi connectivity index (χ0v) is 14.5. The molecule has 0 aliphatic heterocycles. The van der Waals surface area contributed by atoms with Gasteiger partial charge in [0.05, 0.1) is 23.3 Å². The van der Waals surface area contributed by atoms with Crippen molar-refractivity contribution in [2.45, 2.75) is 0 Å². The molecule has 0 spiro atoms. The lowest BCUT2D eigenvalue weighted by Gasteiger charge is -2.05. The van der Waals surface area contributed by atoms with E-state index in [2.05, 4.69) is 10.3 Å². The van der Waals surface area contributed by atoms with Crippen LogP contribution in [0.15, 0.2) is 41.8 Å². The van der Waals surface area contributed by atoms with E-state index in [0.29, 0.717) is 0 Å². The van der Waals surface area contributed by atoms with E-state index in [1.807, 2.05) is 0 Å². The molecule has 1 amide bonds. The average molecular weight is 391 g/mol. The van der Waals surface area contributed by atoms with Gasteiger partial charge in [-0.3, -0.25) is 20.2 Å². The van der Waals surface area contributed by atoms with Gasteiger partial charge in [0.25, 0.3) is 5.91 Å². The molecule has 0 atom stereocenters. The van der Waals surface area contributed by atoms with Crippen LogP contribution in [0.1, 0.15) is 10.4 Å². The third-order valence-electron chi connectivity index (χ3n) is 3.58. The second-order valence-electron chi connectivity index (χ2n) is 5.23. The van der Waals surface area contributed by atoms with Gasteiger partial charge in [0, 0.05) is 17.0 Å². The maximum Gasteiger partial charge on any atom is 0.311 e. The van der Waals surface area contributed by atoms with Crippen LogP contribution in [0.2, 0.25) is 0 Å². The summed E-state index contributed by atoms with van der Waals surface area (Å²) < 4.78 is 32.5.